The van der Waals surface area contributed by atoms with E-state index < -0.39 is 0 Å². The van der Waals surface area contributed by atoms with Gasteiger partial charge in [0, 0.05) is 43.1 Å². The third kappa shape index (κ3) is 5.07. The maximum absolute atomic E-state index is 6.97. The molecule has 0 N–H and O–H groups in total. The normalized spacial score (nSPS) is 13.6. The minimum atomic E-state index is 0.631. The molecule has 0 atom stereocenters. The summed E-state index contributed by atoms with van der Waals surface area (Å²) in [5.41, 5.74) is 15.1. The molecule has 0 aliphatic heterocycles. The molecule has 0 saturated carbocycles. The summed E-state index contributed by atoms with van der Waals surface area (Å²) < 4.78 is 15.8. The lowest BCUT2D eigenvalue weighted by Gasteiger charge is -2.23. The molecule has 1 aliphatic rings. The smallest absolute Gasteiger partial charge is 0.235 e. The van der Waals surface area contributed by atoms with Gasteiger partial charge in [0.15, 0.2) is 0 Å². The number of furan rings is 2. The van der Waals surface area contributed by atoms with Crippen molar-refractivity contribution in [3.63, 3.8) is 0 Å². The van der Waals surface area contributed by atoms with Gasteiger partial charge in [0.2, 0.25) is 5.95 Å². The van der Waals surface area contributed by atoms with E-state index in [0.29, 0.717) is 5.95 Å². The van der Waals surface area contributed by atoms with Crippen molar-refractivity contribution in [2.24, 2.45) is 0 Å². The van der Waals surface area contributed by atoms with Gasteiger partial charge in [-0.15, -0.1) is 0 Å². The summed E-state index contributed by atoms with van der Waals surface area (Å²) in [6, 6.07) is 57.8. The van der Waals surface area contributed by atoms with E-state index in [-0.39, 0.29) is 0 Å². The Morgan fingerprint density at radius 1 is 0.525 bits per heavy atom. The van der Waals surface area contributed by atoms with E-state index in [1.54, 1.807) is 0 Å². The first kappa shape index (κ1) is 34.1. The van der Waals surface area contributed by atoms with E-state index in [0.717, 1.165) is 112 Å². The Hall–Kier alpha value is -7.76. The van der Waals surface area contributed by atoms with E-state index >= 15 is 0 Å². The van der Waals surface area contributed by atoms with Crippen molar-refractivity contribution in [2.75, 3.05) is 0 Å². The topological polar surface area (TPSA) is 57.0 Å². The number of allylic oxidation sites excluding steroid dienone is 4. The lowest BCUT2D eigenvalue weighted by Crippen LogP contribution is -2.08. The second-order valence-electron chi connectivity index (χ2n) is 16.4. The van der Waals surface area contributed by atoms with Crippen molar-refractivity contribution < 1.29 is 8.83 Å². The van der Waals surface area contributed by atoms with Gasteiger partial charge in [-0.2, -0.15) is 0 Å². The Balaban J connectivity index is 1.14. The third-order valence-electron chi connectivity index (χ3n) is 12.9. The van der Waals surface area contributed by atoms with E-state index in [4.69, 9.17) is 18.8 Å². The summed E-state index contributed by atoms with van der Waals surface area (Å²) in [6.07, 6.45) is 5.15. The number of rotatable bonds is 5. The van der Waals surface area contributed by atoms with Gasteiger partial charge in [0.25, 0.3) is 0 Å². The molecule has 0 saturated heterocycles. The van der Waals surface area contributed by atoms with Crippen LogP contribution in [0.1, 0.15) is 35.2 Å². The average molecular weight is 784 g/mol. The second kappa shape index (κ2) is 13.1. The van der Waals surface area contributed by atoms with Gasteiger partial charge in [-0.3, -0.25) is 4.57 Å². The van der Waals surface area contributed by atoms with Crippen LogP contribution in [0.25, 0.3) is 104 Å². The van der Waals surface area contributed by atoms with Gasteiger partial charge in [0.05, 0.1) is 27.6 Å². The van der Waals surface area contributed by atoms with Crippen molar-refractivity contribution >= 4 is 98.5 Å². The Labute approximate surface area is 350 Å². The van der Waals surface area contributed by atoms with E-state index in [1.165, 1.54) is 33.4 Å². The molecule has 13 rings (SSSR count). The van der Waals surface area contributed by atoms with Crippen molar-refractivity contribution in [1.82, 2.24) is 14.5 Å². The van der Waals surface area contributed by atoms with Crippen molar-refractivity contribution in [2.45, 2.75) is 26.2 Å². The molecule has 5 nitrogen and oxygen atoms in total. The van der Waals surface area contributed by atoms with Crippen molar-refractivity contribution in [3.8, 4) is 5.95 Å². The van der Waals surface area contributed by atoms with Gasteiger partial charge in [-0.25, -0.2) is 9.97 Å². The molecule has 0 spiro atoms. The first-order valence-electron chi connectivity index (χ1n) is 21.1. The quantitative estimate of drug-likeness (QED) is 0.174. The van der Waals surface area contributed by atoms with Crippen LogP contribution in [0.3, 0.4) is 0 Å². The van der Waals surface area contributed by atoms with Crippen LogP contribution in [0.2, 0.25) is 0 Å². The molecule has 4 aromatic heterocycles. The number of para-hydroxylation sites is 4. The lowest BCUT2D eigenvalue weighted by molar-refractivity contribution is 0.669. The lowest BCUT2D eigenvalue weighted by atomic mass is 9.83. The summed E-state index contributed by atoms with van der Waals surface area (Å²) in [4.78, 5) is 11.1. The fraction of sp³-hybridized carbons (Fsp3) is 0.0714. The van der Waals surface area contributed by atoms with E-state index in [1.807, 2.05) is 12.1 Å². The van der Waals surface area contributed by atoms with Crippen LogP contribution in [0.15, 0.2) is 184 Å². The number of aromatic nitrogens is 3. The molecule has 0 amide bonds. The third-order valence-corrected chi connectivity index (χ3v) is 12.9. The van der Waals surface area contributed by atoms with E-state index in [2.05, 4.69) is 169 Å². The minimum Gasteiger partial charge on any atom is -0.456 e. The van der Waals surface area contributed by atoms with Crippen LogP contribution >= 0.6 is 0 Å². The van der Waals surface area contributed by atoms with E-state index in [9.17, 15) is 0 Å². The van der Waals surface area contributed by atoms with Gasteiger partial charge >= 0.3 is 0 Å². The van der Waals surface area contributed by atoms with Crippen LogP contribution < -0.4 is 0 Å². The highest BCUT2D eigenvalue weighted by molar-refractivity contribution is 6.40. The molecule has 8 aromatic carbocycles. The Kier molecular flexibility index (Phi) is 7.34. The Bertz CT molecular complexity index is 3860. The summed E-state index contributed by atoms with van der Waals surface area (Å²) in [6.45, 7) is 2.22. The zero-order chi connectivity index (χ0) is 40.2. The first-order chi connectivity index (χ1) is 30.2. The largest absolute Gasteiger partial charge is 0.456 e. The Morgan fingerprint density at radius 2 is 1.21 bits per heavy atom. The predicted molar refractivity (Wildman–Crippen MR) is 251 cm³/mol. The molecule has 0 radical (unpaired) electrons. The van der Waals surface area contributed by atoms with Gasteiger partial charge in [-0.05, 0) is 96.5 Å². The van der Waals surface area contributed by atoms with Crippen molar-refractivity contribution in [1.29, 1.82) is 0 Å². The van der Waals surface area contributed by atoms with Gasteiger partial charge in [0.1, 0.15) is 22.3 Å². The summed E-state index contributed by atoms with van der Waals surface area (Å²) in [5, 5.41) is 9.71. The maximum atomic E-state index is 6.97. The molecule has 5 heteroatoms. The van der Waals surface area contributed by atoms with Crippen LogP contribution in [0.4, 0.5) is 0 Å². The highest BCUT2D eigenvalue weighted by Crippen LogP contribution is 2.49. The molecule has 0 bridgehead atoms. The zero-order valence-corrected chi connectivity index (χ0v) is 33.4. The molecule has 1 aliphatic carbocycles. The fourth-order valence-corrected chi connectivity index (χ4v) is 10.2. The minimum absolute atomic E-state index is 0.631. The van der Waals surface area contributed by atoms with Crippen molar-refractivity contribution in [3.05, 3.63) is 198 Å². The summed E-state index contributed by atoms with van der Waals surface area (Å²) in [5.74, 6) is 0.631. The molecule has 61 heavy (non-hydrogen) atoms. The van der Waals surface area contributed by atoms with Crippen LogP contribution in [0, 0.1) is 6.92 Å². The number of hydrogen-bond donors (Lipinski definition) is 0. The first-order valence-corrected chi connectivity index (χ1v) is 21.1. The number of hydrogen-bond acceptors (Lipinski definition) is 4. The summed E-state index contributed by atoms with van der Waals surface area (Å²) >= 11 is 0. The van der Waals surface area contributed by atoms with Gasteiger partial charge < -0.3 is 8.83 Å². The number of aryl methyl sites for hydroxylation is 1. The predicted octanol–water partition coefficient (Wildman–Crippen LogP) is 14.9. The van der Waals surface area contributed by atoms with Crippen LogP contribution in [-0.2, 0) is 6.42 Å². The average Bonchev–Trinajstić information content (AvgIpc) is 4.00. The standard InChI is InChI=1S/C56H37N3O2/c1-33-15-5-6-18-37(33)43-32-36(28-27-35(43)31-34-16-3-2-4-17-34)53-38-19-7-11-23-44(38)57-56(58-53)59-45-24-12-8-20-39(45)52-54(59)42-29-30-48-49(40-21-9-13-25-46(40)60-48)50(42)51-41-22-10-14-26-47(41)61-55(51)52/h2-26,29-30,32H,27-28,31H2,1H3. The molecule has 12 aromatic rings. The van der Waals surface area contributed by atoms with Crippen LogP contribution in [0.5, 0.6) is 0 Å². The number of nitrogens with zero attached hydrogens (tertiary/aromatic N) is 3. The molecule has 288 valence electrons. The highest BCUT2D eigenvalue weighted by Gasteiger charge is 2.27. The van der Waals surface area contributed by atoms with Gasteiger partial charge in [-0.1, -0.05) is 133 Å². The molecule has 0 fully saturated rings. The Morgan fingerprint density at radius 3 is 2.05 bits per heavy atom. The summed E-state index contributed by atoms with van der Waals surface area (Å²) in [7, 11) is 0. The fourth-order valence-electron chi connectivity index (χ4n) is 10.2. The second-order valence-corrected chi connectivity index (χ2v) is 16.4. The van der Waals surface area contributed by atoms with Crippen LogP contribution in [-0.4, -0.2) is 14.5 Å². The molecule has 0 unspecified atom stereocenters. The number of fused-ring (bicyclic) bond motifs is 15. The SMILES string of the molecule is Cc1ccccc1C1=C(Cc2ccccc2)CCC(c2nc(-n3c4ccccc4c4c5oc6ccccc6c5c5c(ccc6oc7ccccc7c65)c43)nc3ccccc23)=C1. The highest BCUT2D eigenvalue weighted by atomic mass is 16.3. The molecule has 4 heterocycles. The molecular weight excluding hydrogens is 747 g/mol. The number of benzene rings is 8. The maximum Gasteiger partial charge on any atom is 0.235 e. The monoisotopic (exact) mass is 783 g/mol. The molecular formula is C56H37N3O2. The zero-order valence-electron chi connectivity index (χ0n) is 33.4.